The van der Waals surface area contributed by atoms with Crippen LogP contribution in [0.3, 0.4) is 0 Å². The lowest BCUT2D eigenvalue weighted by molar-refractivity contribution is -0.386. The summed E-state index contributed by atoms with van der Waals surface area (Å²) in [5.74, 6) is -0.688. The van der Waals surface area contributed by atoms with E-state index in [0.29, 0.717) is 12.6 Å². The molecule has 0 saturated heterocycles. The van der Waals surface area contributed by atoms with Crippen molar-refractivity contribution in [2.45, 2.75) is 12.6 Å². The number of halogens is 3. The van der Waals surface area contributed by atoms with Crippen LogP contribution in [0.5, 0.6) is 17.2 Å². The minimum atomic E-state index is -4.47. The molecule has 2 aromatic rings. The zero-order valence-corrected chi connectivity index (χ0v) is 17.4. The van der Waals surface area contributed by atoms with Gasteiger partial charge in [-0.1, -0.05) is 0 Å². The van der Waals surface area contributed by atoms with Gasteiger partial charge < -0.3 is 24.8 Å². The number of hydrogen-bond donors (Lipinski definition) is 2. The summed E-state index contributed by atoms with van der Waals surface area (Å²) < 4.78 is 52.9. The lowest BCUT2D eigenvalue weighted by Gasteiger charge is -2.15. The van der Waals surface area contributed by atoms with E-state index in [9.17, 15) is 28.1 Å². The summed E-state index contributed by atoms with van der Waals surface area (Å²) in [5.41, 5.74) is -1.71. The van der Waals surface area contributed by atoms with E-state index in [0.717, 1.165) is 6.07 Å². The molecular weight excluding hydrogens is 437 g/mol. The van der Waals surface area contributed by atoms with Gasteiger partial charge in [0.1, 0.15) is 11.4 Å². The number of carbonyl (C=O) groups excluding carboxylic acids is 1. The molecule has 0 saturated carbocycles. The van der Waals surface area contributed by atoms with Crippen molar-refractivity contribution in [2.24, 2.45) is 0 Å². The van der Waals surface area contributed by atoms with E-state index in [1.807, 2.05) is 0 Å². The van der Waals surface area contributed by atoms with E-state index < -0.39 is 28.3 Å². The number of hydrogen-bond acceptors (Lipinski definition) is 8. The Morgan fingerprint density at radius 1 is 1.12 bits per heavy atom. The van der Waals surface area contributed by atoms with Gasteiger partial charge in [0.2, 0.25) is 11.5 Å². The number of rotatable bonds is 10. The molecule has 1 amide bonds. The van der Waals surface area contributed by atoms with Gasteiger partial charge in [-0.25, -0.2) is 4.98 Å². The molecule has 0 bridgehead atoms. The van der Waals surface area contributed by atoms with Gasteiger partial charge >= 0.3 is 11.9 Å². The number of benzene rings is 1. The number of aromatic nitrogens is 1. The minimum Gasteiger partial charge on any atom is -0.493 e. The number of ether oxygens (including phenoxy) is 3. The van der Waals surface area contributed by atoms with Crippen molar-refractivity contribution in [1.29, 1.82) is 0 Å². The Hall–Kier alpha value is -3.77. The first-order valence-electron chi connectivity index (χ1n) is 9.16. The molecule has 0 aliphatic carbocycles. The molecule has 1 heterocycles. The van der Waals surface area contributed by atoms with Gasteiger partial charge in [-0.05, 0) is 18.6 Å². The molecule has 0 aliphatic heterocycles. The highest BCUT2D eigenvalue weighted by Gasteiger charge is 2.32. The fraction of sp³-hybridized carbons (Fsp3) is 0.368. The normalized spacial score (nSPS) is 10.9. The Labute approximate surface area is 180 Å². The molecule has 174 valence electrons. The molecule has 0 spiro atoms. The summed E-state index contributed by atoms with van der Waals surface area (Å²) >= 11 is 0. The fourth-order valence-electron chi connectivity index (χ4n) is 2.76. The number of pyridine rings is 1. The van der Waals surface area contributed by atoms with Crippen LogP contribution in [0, 0.1) is 10.1 Å². The molecule has 1 aromatic carbocycles. The van der Waals surface area contributed by atoms with Gasteiger partial charge in [0.05, 0.1) is 31.8 Å². The lowest BCUT2D eigenvalue weighted by Crippen LogP contribution is -2.27. The highest BCUT2D eigenvalue weighted by Crippen LogP contribution is 2.46. The Morgan fingerprint density at radius 2 is 1.81 bits per heavy atom. The van der Waals surface area contributed by atoms with E-state index in [1.165, 1.54) is 33.5 Å². The summed E-state index contributed by atoms with van der Waals surface area (Å²) in [6.45, 7) is 0.413. The number of anilines is 1. The SMILES string of the molecule is COc1cc(C(=O)NCCCNc2ccc(C(F)(F)F)cn2)c([N+](=O)[O-])c(OC)c1OC. The number of alkyl halides is 3. The summed E-state index contributed by atoms with van der Waals surface area (Å²) in [4.78, 5) is 27.0. The first-order valence-corrected chi connectivity index (χ1v) is 9.16. The van der Waals surface area contributed by atoms with Crippen LogP contribution in [0.2, 0.25) is 0 Å². The highest BCUT2D eigenvalue weighted by atomic mass is 19.4. The van der Waals surface area contributed by atoms with E-state index in [2.05, 4.69) is 15.6 Å². The van der Waals surface area contributed by atoms with Crippen LogP contribution in [0.1, 0.15) is 22.3 Å². The molecule has 1 aromatic heterocycles. The monoisotopic (exact) mass is 458 g/mol. The van der Waals surface area contributed by atoms with Crippen LogP contribution in [0.15, 0.2) is 24.4 Å². The van der Waals surface area contributed by atoms with Crippen LogP contribution in [0.4, 0.5) is 24.7 Å². The molecule has 0 aliphatic rings. The predicted molar refractivity (Wildman–Crippen MR) is 107 cm³/mol. The van der Waals surface area contributed by atoms with Crippen LogP contribution in [-0.2, 0) is 6.18 Å². The third kappa shape index (κ3) is 5.68. The minimum absolute atomic E-state index is 0.0218. The number of amides is 1. The van der Waals surface area contributed by atoms with Crippen molar-refractivity contribution in [2.75, 3.05) is 39.7 Å². The smallest absolute Gasteiger partial charge is 0.417 e. The molecule has 10 nitrogen and oxygen atoms in total. The van der Waals surface area contributed by atoms with Crippen LogP contribution < -0.4 is 24.8 Å². The second kappa shape index (κ2) is 10.5. The summed E-state index contributed by atoms with van der Waals surface area (Å²) in [6.07, 6.45) is -3.38. The number of nitrogens with zero attached hydrogens (tertiary/aromatic N) is 2. The largest absolute Gasteiger partial charge is 0.493 e. The molecule has 2 rings (SSSR count). The van der Waals surface area contributed by atoms with Crippen molar-refractivity contribution in [3.05, 3.63) is 45.6 Å². The quantitative estimate of drug-likeness (QED) is 0.316. The Balaban J connectivity index is 2.01. The van der Waals surface area contributed by atoms with Crippen molar-refractivity contribution in [3.8, 4) is 17.2 Å². The topological polar surface area (TPSA) is 125 Å². The first kappa shape index (κ1) is 24.5. The Kier molecular flexibility index (Phi) is 8.04. The van der Waals surface area contributed by atoms with Gasteiger partial charge in [-0.2, -0.15) is 13.2 Å². The zero-order chi connectivity index (χ0) is 23.9. The molecule has 2 N–H and O–H groups in total. The van der Waals surface area contributed by atoms with E-state index in [4.69, 9.17) is 14.2 Å². The summed E-state index contributed by atoms with van der Waals surface area (Å²) in [5, 5.41) is 16.9. The maximum absolute atomic E-state index is 12.6. The fourth-order valence-corrected chi connectivity index (χ4v) is 2.76. The van der Waals surface area contributed by atoms with Crippen molar-refractivity contribution in [3.63, 3.8) is 0 Å². The third-order valence-corrected chi connectivity index (χ3v) is 4.27. The Bertz CT molecular complexity index is 967. The second-order valence-electron chi connectivity index (χ2n) is 6.26. The molecule has 0 unspecified atom stereocenters. The lowest BCUT2D eigenvalue weighted by atomic mass is 10.1. The van der Waals surface area contributed by atoms with Crippen LogP contribution >= 0.6 is 0 Å². The number of nitro groups is 1. The number of nitrogens with one attached hydrogen (secondary N) is 2. The van der Waals surface area contributed by atoms with E-state index in [-0.39, 0.29) is 41.7 Å². The third-order valence-electron chi connectivity index (χ3n) is 4.27. The molecule has 32 heavy (non-hydrogen) atoms. The maximum atomic E-state index is 12.6. The highest BCUT2D eigenvalue weighted by molar-refractivity contribution is 6.00. The van der Waals surface area contributed by atoms with Gasteiger partial charge in [0.25, 0.3) is 5.91 Å². The zero-order valence-electron chi connectivity index (χ0n) is 17.4. The van der Waals surface area contributed by atoms with Crippen molar-refractivity contribution >= 4 is 17.4 Å². The maximum Gasteiger partial charge on any atom is 0.417 e. The molecular formula is C19H21F3N4O6. The molecule has 0 atom stereocenters. The molecule has 0 fully saturated rings. The number of nitro benzene ring substituents is 1. The predicted octanol–water partition coefficient (Wildman–Crippen LogP) is 3.27. The van der Waals surface area contributed by atoms with Gasteiger partial charge in [-0.15, -0.1) is 0 Å². The van der Waals surface area contributed by atoms with Gasteiger partial charge in [0.15, 0.2) is 5.75 Å². The van der Waals surface area contributed by atoms with Gasteiger partial charge in [0, 0.05) is 25.4 Å². The number of methoxy groups -OCH3 is 3. The standard InChI is InChI=1S/C19H21F3N4O6/c1-30-13-9-12(15(26(28)29)17(32-3)16(13)31-2)18(27)24-8-4-7-23-14-6-5-11(10-25-14)19(20,21)22/h5-6,9-10H,4,7-8H2,1-3H3,(H,23,25)(H,24,27). The average Bonchev–Trinajstić information content (AvgIpc) is 2.76. The van der Waals surface area contributed by atoms with Crippen LogP contribution in [0.25, 0.3) is 0 Å². The number of carbonyl (C=O) groups is 1. The van der Waals surface area contributed by atoms with E-state index >= 15 is 0 Å². The van der Waals surface area contributed by atoms with Crippen molar-refractivity contribution < 1.29 is 37.1 Å². The summed E-state index contributed by atoms with van der Waals surface area (Å²) in [7, 11) is 3.79. The average molecular weight is 458 g/mol. The van der Waals surface area contributed by atoms with Crippen molar-refractivity contribution in [1.82, 2.24) is 10.3 Å². The molecule has 13 heteroatoms. The Morgan fingerprint density at radius 3 is 2.31 bits per heavy atom. The van der Waals surface area contributed by atoms with Crippen LogP contribution in [-0.4, -0.2) is 50.2 Å². The first-order chi connectivity index (χ1) is 15.1. The summed E-state index contributed by atoms with van der Waals surface area (Å²) in [6, 6.07) is 3.28. The van der Waals surface area contributed by atoms with E-state index in [1.54, 1.807) is 0 Å². The van der Waals surface area contributed by atoms with Gasteiger partial charge in [-0.3, -0.25) is 14.9 Å². The molecule has 0 radical (unpaired) electrons. The second-order valence-corrected chi connectivity index (χ2v) is 6.26.